The zero-order chi connectivity index (χ0) is 11.5. The number of imidazole rings is 1. The Bertz CT molecular complexity index is 491. The van der Waals surface area contributed by atoms with Crippen molar-refractivity contribution in [2.24, 2.45) is 7.05 Å². The first-order valence-corrected chi connectivity index (χ1v) is 5.47. The van der Waals surface area contributed by atoms with Gasteiger partial charge in [0.15, 0.2) is 0 Å². The number of fused-ring (bicyclic) bond motifs is 1. The lowest BCUT2D eigenvalue weighted by molar-refractivity contribution is 0.335. The molecule has 0 radical (unpaired) electrons. The van der Waals surface area contributed by atoms with E-state index in [0.717, 1.165) is 22.5 Å². The van der Waals surface area contributed by atoms with E-state index in [1.54, 1.807) is 6.33 Å². The van der Waals surface area contributed by atoms with E-state index in [0.29, 0.717) is 13.2 Å². The molecule has 0 saturated heterocycles. The molecule has 4 nitrogen and oxygen atoms in total. The summed E-state index contributed by atoms with van der Waals surface area (Å²) in [7, 11) is 1.95. The van der Waals surface area contributed by atoms with Crippen LogP contribution in [0.25, 0.3) is 11.0 Å². The summed E-state index contributed by atoms with van der Waals surface area (Å²) in [5.41, 5.74) is 1.84. The van der Waals surface area contributed by atoms with Crippen LogP contribution in [0, 0.1) is 0 Å². The lowest BCUT2D eigenvalue weighted by atomic mass is 10.2. The number of nitrogens with zero attached hydrogens (tertiary/aromatic N) is 2. The molecule has 0 N–H and O–H groups in total. The maximum Gasteiger partial charge on any atom is 0.147 e. The van der Waals surface area contributed by atoms with Crippen LogP contribution in [0.3, 0.4) is 0 Å². The van der Waals surface area contributed by atoms with Gasteiger partial charge in [-0.1, -0.05) is 0 Å². The Balaban J connectivity index is 2.59. The highest BCUT2D eigenvalue weighted by atomic mass is 16.5. The third-order valence-corrected chi connectivity index (χ3v) is 2.39. The van der Waals surface area contributed by atoms with Crippen LogP contribution in [0.4, 0.5) is 0 Å². The molecular weight excluding hydrogens is 204 g/mol. The average Bonchev–Trinajstić information content (AvgIpc) is 2.66. The number of hydrogen-bond donors (Lipinski definition) is 0. The molecule has 0 aliphatic rings. The molecule has 1 aromatic carbocycles. The van der Waals surface area contributed by atoms with Crippen LogP contribution in [0.1, 0.15) is 13.8 Å². The molecule has 0 fully saturated rings. The van der Waals surface area contributed by atoms with Crippen LogP contribution in [-0.2, 0) is 7.05 Å². The van der Waals surface area contributed by atoms with Crippen molar-refractivity contribution in [2.75, 3.05) is 13.2 Å². The van der Waals surface area contributed by atoms with Gasteiger partial charge in [-0.3, -0.25) is 0 Å². The summed E-state index contributed by atoms with van der Waals surface area (Å²) < 4.78 is 13.1. The molecule has 4 heteroatoms. The smallest absolute Gasteiger partial charge is 0.147 e. The Morgan fingerprint density at radius 2 is 1.75 bits per heavy atom. The Kier molecular flexibility index (Phi) is 2.99. The second-order valence-electron chi connectivity index (χ2n) is 3.48. The number of aromatic nitrogens is 2. The molecule has 0 amide bonds. The van der Waals surface area contributed by atoms with Crippen molar-refractivity contribution >= 4 is 11.0 Å². The van der Waals surface area contributed by atoms with Crippen molar-refractivity contribution in [3.05, 3.63) is 18.5 Å². The second kappa shape index (κ2) is 4.43. The summed E-state index contributed by atoms with van der Waals surface area (Å²) in [5.74, 6) is 1.66. The number of ether oxygens (including phenoxy) is 2. The highest BCUT2D eigenvalue weighted by molar-refractivity contribution is 5.87. The van der Waals surface area contributed by atoms with Crippen molar-refractivity contribution in [3.63, 3.8) is 0 Å². The highest BCUT2D eigenvalue weighted by Gasteiger charge is 2.12. The lowest BCUT2D eigenvalue weighted by Gasteiger charge is -2.09. The first-order valence-electron chi connectivity index (χ1n) is 5.47. The first-order chi connectivity index (χ1) is 7.77. The van der Waals surface area contributed by atoms with E-state index in [-0.39, 0.29) is 0 Å². The predicted molar refractivity (Wildman–Crippen MR) is 63.1 cm³/mol. The molecule has 0 bridgehead atoms. The van der Waals surface area contributed by atoms with Crippen molar-refractivity contribution in [2.45, 2.75) is 13.8 Å². The van der Waals surface area contributed by atoms with Crippen LogP contribution >= 0.6 is 0 Å². The maximum atomic E-state index is 5.58. The van der Waals surface area contributed by atoms with Gasteiger partial charge in [0, 0.05) is 7.05 Å². The fraction of sp³-hybridized carbons (Fsp3) is 0.417. The molecular formula is C12H16N2O2. The van der Waals surface area contributed by atoms with Crippen LogP contribution in [0.5, 0.6) is 11.5 Å². The minimum Gasteiger partial charge on any atom is -0.492 e. The fourth-order valence-corrected chi connectivity index (χ4v) is 1.75. The van der Waals surface area contributed by atoms with E-state index in [2.05, 4.69) is 4.98 Å². The topological polar surface area (TPSA) is 36.3 Å². The van der Waals surface area contributed by atoms with Crippen LogP contribution in [0.2, 0.25) is 0 Å². The Labute approximate surface area is 94.8 Å². The monoisotopic (exact) mass is 220 g/mol. The quantitative estimate of drug-likeness (QED) is 0.793. The molecule has 86 valence electrons. The Hall–Kier alpha value is -1.71. The summed E-state index contributed by atoms with van der Waals surface area (Å²) in [6, 6.07) is 3.84. The molecule has 1 heterocycles. The van der Waals surface area contributed by atoms with E-state index < -0.39 is 0 Å². The van der Waals surface area contributed by atoms with Gasteiger partial charge in [-0.2, -0.15) is 0 Å². The zero-order valence-corrected chi connectivity index (χ0v) is 9.86. The summed E-state index contributed by atoms with van der Waals surface area (Å²) in [6.07, 6.45) is 1.77. The Morgan fingerprint density at radius 3 is 2.44 bits per heavy atom. The molecule has 0 saturated carbocycles. The van der Waals surface area contributed by atoms with Gasteiger partial charge in [0.1, 0.15) is 22.5 Å². The summed E-state index contributed by atoms with van der Waals surface area (Å²) in [4.78, 5) is 4.34. The van der Waals surface area contributed by atoms with E-state index in [4.69, 9.17) is 9.47 Å². The van der Waals surface area contributed by atoms with Gasteiger partial charge >= 0.3 is 0 Å². The van der Waals surface area contributed by atoms with Crippen molar-refractivity contribution in [1.82, 2.24) is 9.55 Å². The molecule has 1 aromatic heterocycles. The van der Waals surface area contributed by atoms with Crippen LogP contribution in [-0.4, -0.2) is 22.8 Å². The number of rotatable bonds is 4. The number of hydrogen-bond acceptors (Lipinski definition) is 3. The van der Waals surface area contributed by atoms with Gasteiger partial charge in [-0.05, 0) is 26.0 Å². The third kappa shape index (κ3) is 1.71. The van der Waals surface area contributed by atoms with Gasteiger partial charge < -0.3 is 14.0 Å². The summed E-state index contributed by atoms with van der Waals surface area (Å²) in [6.45, 7) is 5.22. The summed E-state index contributed by atoms with van der Waals surface area (Å²) >= 11 is 0. The van der Waals surface area contributed by atoms with E-state index in [1.165, 1.54) is 0 Å². The number of benzene rings is 1. The third-order valence-electron chi connectivity index (χ3n) is 2.39. The average molecular weight is 220 g/mol. The molecule has 2 aromatic rings. The van der Waals surface area contributed by atoms with Crippen LogP contribution < -0.4 is 9.47 Å². The van der Waals surface area contributed by atoms with Crippen molar-refractivity contribution in [1.29, 1.82) is 0 Å². The second-order valence-corrected chi connectivity index (χ2v) is 3.48. The van der Waals surface area contributed by atoms with Gasteiger partial charge in [0.25, 0.3) is 0 Å². The molecule has 0 atom stereocenters. The number of aryl methyl sites for hydroxylation is 1. The Morgan fingerprint density at radius 1 is 1.12 bits per heavy atom. The molecule has 0 aliphatic carbocycles. The molecule has 0 spiro atoms. The van der Waals surface area contributed by atoms with E-state index in [1.807, 2.05) is 37.6 Å². The predicted octanol–water partition coefficient (Wildman–Crippen LogP) is 2.37. The van der Waals surface area contributed by atoms with E-state index in [9.17, 15) is 0 Å². The zero-order valence-electron chi connectivity index (χ0n) is 9.86. The first kappa shape index (κ1) is 10.8. The largest absolute Gasteiger partial charge is 0.492 e. The highest BCUT2D eigenvalue weighted by Crippen LogP contribution is 2.31. The minimum absolute atomic E-state index is 0.639. The summed E-state index contributed by atoms with van der Waals surface area (Å²) in [5, 5.41) is 0. The maximum absolute atomic E-state index is 5.58. The molecule has 0 unspecified atom stereocenters. The fourth-order valence-electron chi connectivity index (χ4n) is 1.75. The van der Waals surface area contributed by atoms with E-state index >= 15 is 0 Å². The normalized spacial score (nSPS) is 10.7. The SMILES string of the molecule is CCOc1ccc(OCC)c2c1ncn2C. The van der Waals surface area contributed by atoms with Gasteiger partial charge in [0.2, 0.25) is 0 Å². The van der Waals surface area contributed by atoms with Gasteiger partial charge in [0.05, 0.1) is 19.5 Å². The van der Waals surface area contributed by atoms with Crippen molar-refractivity contribution in [3.8, 4) is 11.5 Å². The standard InChI is InChI=1S/C12H16N2O2/c1-4-15-9-6-7-10(16-5-2)12-11(9)13-8-14(12)3/h6-8H,4-5H2,1-3H3. The molecule has 0 aliphatic heterocycles. The van der Waals surface area contributed by atoms with Gasteiger partial charge in [-0.25, -0.2) is 4.98 Å². The molecule has 16 heavy (non-hydrogen) atoms. The van der Waals surface area contributed by atoms with Crippen LogP contribution in [0.15, 0.2) is 18.5 Å². The minimum atomic E-state index is 0.639. The lowest BCUT2D eigenvalue weighted by Crippen LogP contribution is -1.97. The molecule has 2 rings (SSSR count). The van der Waals surface area contributed by atoms with Gasteiger partial charge in [-0.15, -0.1) is 0 Å². The van der Waals surface area contributed by atoms with Crippen molar-refractivity contribution < 1.29 is 9.47 Å².